The Kier molecular flexibility index (Phi) is 3.88. The Balaban J connectivity index is 1.69. The lowest BCUT2D eigenvalue weighted by Gasteiger charge is -2.15. The van der Waals surface area contributed by atoms with E-state index < -0.39 is 0 Å². The molecule has 2 aromatic carbocycles. The number of nitrogens with one attached hydrogen (secondary N) is 1. The van der Waals surface area contributed by atoms with E-state index >= 15 is 0 Å². The van der Waals surface area contributed by atoms with Crippen LogP contribution in [0.1, 0.15) is 22.4 Å². The van der Waals surface area contributed by atoms with Gasteiger partial charge in [-0.05, 0) is 17.7 Å². The number of para-hydroxylation sites is 1. The second-order valence-electron chi connectivity index (χ2n) is 5.20. The number of thiazole rings is 1. The zero-order valence-electron chi connectivity index (χ0n) is 12.3. The maximum absolute atomic E-state index is 6.16. The van der Waals surface area contributed by atoms with Crippen molar-refractivity contribution in [2.45, 2.75) is 12.7 Å². The number of aromatic amines is 1. The molecule has 0 radical (unpaired) electrons. The maximum Gasteiger partial charge on any atom is 0.135 e. The minimum atomic E-state index is -0.183. The van der Waals surface area contributed by atoms with Gasteiger partial charge in [0.15, 0.2) is 0 Å². The minimum absolute atomic E-state index is 0.183. The van der Waals surface area contributed by atoms with Gasteiger partial charge in [-0.2, -0.15) is 0 Å². The van der Waals surface area contributed by atoms with E-state index in [0.717, 1.165) is 21.8 Å². The van der Waals surface area contributed by atoms with E-state index in [-0.39, 0.29) is 6.10 Å². The van der Waals surface area contributed by atoms with Crippen LogP contribution >= 0.6 is 11.3 Å². The molecular formula is C18H15N3OS. The Labute approximate surface area is 137 Å². The molecule has 5 heteroatoms. The van der Waals surface area contributed by atoms with Crippen LogP contribution in [0.3, 0.4) is 0 Å². The number of hydrogen-bond acceptors (Lipinski definition) is 4. The summed E-state index contributed by atoms with van der Waals surface area (Å²) in [5, 5.41) is 0.969. The van der Waals surface area contributed by atoms with Crippen LogP contribution in [0.2, 0.25) is 0 Å². The van der Waals surface area contributed by atoms with Crippen LogP contribution in [0, 0.1) is 0 Å². The van der Waals surface area contributed by atoms with Crippen LogP contribution in [0.5, 0.6) is 0 Å². The first-order valence-corrected chi connectivity index (χ1v) is 8.21. The third-order valence-corrected chi connectivity index (χ3v) is 4.68. The summed E-state index contributed by atoms with van der Waals surface area (Å²) in [5.41, 5.74) is 3.07. The maximum atomic E-state index is 6.16. The number of hydrogen-bond donors (Lipinski definition) is 1. The molecule has 4 rings (SSSR count). The van der Waals surface area contributed by atoms with Crippen molar-refractivity contribution < 1.29 is 4.74 Å². The first kappa shape index (κ1) is 14.1. The van der Waals surface area contributed by atoms with E-state index in [2.05, 4.69) is 28.2 Å². The summed E-state index contributed by atoms with van der Waals surface area (Å²) in [6.07, 6.45) is 3.26. The van der Waals surface area contributed by atoms with Crippen LogP contribution in [-0.4, -0.2) is 15.0 Å². The molecule has 2 aromatic heterocycles. The van der Waals surface area contributed by atoms with Crippen molar-refractivity contribution in [3.63, 3.8) is 0 Å². The Bertz CT molecular complexity index is 854. The molecule has 1 atom stereocenters. The molecule has 0 aliphatic carbocycles. The zero-order chi connectivity index (χ0) is 15.5. The van der Waals surface area contributed by atoms with Crippen LogP contribution in [0.4, 0.5) is 0 Å². The molecule has 23 heavy (non-hydrogen) atoms. The monoisotopic (exact) mass is 321 g/mol. The molecule has 2 heterocycles. The van der Waals surface area contributed by atoms with Gasteiger partial charge in [-0.1, -0.05) is 42.5 Å². The summed E-state index contributed by atoms with van der Waals surface area (Å²) >= 11 is 1.68. The van der Waals surface area contributed by atoms with Gasteiger partial charge in [0, 0.05) is 0 Å². The van der Waals surface area contributed by atoms with E-state index in [4.69, 9.17) is 9.72 Å². The highest BCUT2D eigenvalue weighted by molar-refractivity contribution is 7.18. The van der Waals surface area contributed by atoms with E-state index in [1.54, 1.807) is 23.9 Å². The predicted molar refractivity (Wildman–Crippen MR) is 91.3 cm³/mol. The van der Waals surface area contributed by atoms with Crippen molar-refractivity contribution in [1.29, 1.82) is 0 Å². The average molecular weight is 321 g/mol. The van der Waals surface area contributed by atoms with E-state index in [1.165, 1.54) is 4.70 Å². The number of rotatable bonds is 5. The predicted octanol–water partition coefficient (Wildman–Crippen LogP) is 4.33. The Morgan fingerprint density at radius 3 is 2.65 bits per heavy atom. The lowest BCUT2D eigenvalue weighted by atomic mass is 10.1. The summed E-state index contributed by atoms with van der Waals surface area (Å²) in [6.45, 7) is 0.468. The lowest BCUT2D eigenvalue weighted by molar-refractivity contribution is 0.0647. The molecule has 0 aliphatic rings. The fourth-order valence-corrected chi connectivity index (χ4v) is 3.52. The van der Waals surface area contributed by atoms with Crippen LogP contribution in [0.15, 0.2) is 67.1 Å². The van der Waals surface area contributed by atoms with Crippen molar-refractivity contribution in [1.82, 2.24) is 15.0 Å². The van der Waals surface area contributed by atoms with Crippen LogP contribution < -0.4 is 0 Å². The normalized spacial score (nSPS) is 12.5. The third-order valence-electron chi connectivity index (χ3n) is 3.60. The van der Waals surface area contributed by atoms with Gasteiger partial charge < -0.3 is 9.72 Å². The highest BCUT2D eigenvalue weighted by atomic mass is 32.1. The quantitative estimate of drug-likeness (QED) is 0.595. The fraction of sp³-hybridized carbons (Fsp3) is 0.111. The first-order valence-electron chi connectivity index (χ1n) is 7.39. The molecule has 0 fully saturated rings. The fourth-order valence-electron chi connectivity index (χ4n) is 2.48. The Hall–Kier alpha value is -2.50. The molecule has 0 saturated heterocycles. The molecule has 1 N–H and O–H groups in total. The molecule has 4 nitrogen and oxygen atoms in total. The topological polar surface area (TPSA) is 50.8 Å². The standard InChI is InChI=1S/C18H15N3OS/c1-2-6-13(7-3-1)17(22-11-14-10-19-12-20-14)18-21-15-8-4-5-9-16(15)23-18/h1-10,12,17H,11H2,(H,19,20). The molecule has 0 saturated carbocycles. The van der Waals surface area contributed by atoms with Crippen molar-refractivity contribution >= 4 is 21.6 Å². The van der Waals surface area contributed by atoms with Crippen molar-refractivity contribution in [3.8, 4) is 0 Å². The number of imidazole rings is 1. The SMILES string of the molecule is c1ccc(C(OCc2cnc[nH]2)c2nc3ccccc3s2)cc1. The van der Waals surface area contributed by atoms with Gasteiger partial charge in [0.05, 0.1) is 35.0 Å². The summed E-state index contributed by atoms with van der Waals surface area (Å²) in [5.74, 6) is 0. The van der Waals surface area contributed by atoms with E-state index in [0.29, 0.717) is 6.61 Å². The van der Waals surface area contributed by atoms with Gasteiger partial charge in [0.2, 0.25) is 0 Å². The molecule has 4 aromatic rings. The van der Waals surface area contributed by atoms with Crippen molar-refractivity contribution in [3.05, 3.63) is 83.4 Å². The summed E-state index contributed by atoms with van der Waals surface area (Å²) < 4.78 is 7.34. The molecule has 114 valence electrons. The molecular weight excluding hydrogens is 306 g/mol. The number of nitrogens with zero attached hydrogens (tertiary/aromatic N) is 2. The Morgan fingerprint density at radius 1 is 1.04 bits per heavy atom. The summed E-state index contributed by atoms with van der Waals surface area (Å²) in [4.78, 5) is 11.9. The minimum Gasteiger partial charge on any atom is -0.360 e. The van der Waals surface area contributed by atoms with Crippen molar-refractivity contribution in [2.75, 3.05) is 0 Å². The number of H-pyrrole nitrogens is 1. The summed E-state index contributed by atoms with van der Waals surface area (Å²) in [6, 6.07) is 18.4. The Morgan fingerprint density at radius 2 is 1.87 bits per heavy atom. The van der Waals surface area contributed by atoms with Crippen LogP contribution in [0.25, 0.3) is 10.2 Å². The molecule has 1 unspecified atom stereocenters. The number of ether oxygens (including phenoxy) is 1. The molecule has 0 amide bonds. The highest BCUT2D eigenvalue weighted by Gasteiger charge is 2.19. The van der Waals surface area contributed by atoms with E-state index in [1.807, 2.05) is 36.4 Å². The van der Waals surface area contributed by atoms with Gasteiger partial charge in [0.1, 0.15) is 11.1 Å². The van der Waals surface area contributed by atoms with Crippen molar-refractivity contribution in [2.24, 2.45) is 0 Å². The number of benzene rings is 2. The molecule has 0 aliphatic heterocycles. The second-order valence-corrected chi connectivity index (χ2v) is 6.26. The second kappa shape index (κ2) is 6.32. The van der Waals surface area contributed by atoms with Crippen LogP contribution in [-0.2, 0) is 11.3 Å². The van der Waals surface area contributed by atoms with Gasteiger partial charge >= 0.3 is 0 Å². The average Bonchev–Trinajstić information content (AvgIpc) is 3.25. The smallest absolute Gasteiger partial charge is 0.135 e. The van der Waals surface area contributed by atoms with E-state index in [9.17, 15) is 0 Å². The van der Waals surface area contributed by atoms with Gasteiger partial charge in [-0.25, -0.2) is 9.97 Å². The largest absolute Gasteiger partial charge is 0.360 e. The molecule has 0 spiro atoms. The number of aromatic nitrogens is 3. The first-order chi connectivity index (χ1) is 11.4. The lowest BCUT2D eigenvalue weighted by Crippen LogP contribution is -2.06. The van der Waals surface area contributed by atoms with Gasteiger partial charge in [-0.15, -0.1) is 11.3 Å². The highest BCUT2D eigenvalue weighted by Crippen LogP contribution is 2.33. The number of fused-ring (bicyclic) bond motifs is 1. The van der Waals surface area contributed by atoms with Gasteiger partial charge in [0.25, 0.3) is 0 Å². The van der Waals surface area contributed by atoms with Gasteiger partial charge in [-0.3, -0.25) is 0 Å². The summed E-state index contributed by atoms with van der Waals surface area (Å²) in [7, 11) is 0. The molecule has 0 bridgehead atoms. The zero-order valence-corrected chi connectivity index (χ0v) is 13.2. The third kappa shape index (κ3) is 3.02.